The van der Waals surface area contributed by atoms with Gasteiger partial charge in [0.1, 0.15) is 17.2 Å². The molecule has 0 N–H and O–H groups in total. The van der Waals surface area contributed by atoms with Crippen LogP contribution in [0.1, 0.15) is 24.5 Å². The van der Waals surface area contributed by atoms with Gasteiger partial charge in [-0.15, -0.1) is 0 Å². The van der Waals surface area contributed by atoms with Crippen molar-refractivity contribution in [2.75, 3.05) is 14.2 Å². The number of hydrogen-bond donors (Lipinski definition) is 0. The molecule has 2 aromatic carbocycles. The monoisotopic (exact) mass is 326 g/mol. The summed E-state index contributed by atoms with van der Waals surface area (Å²) in [4.78, 5) is 11.9. The van der Waals surface area contributed by atoms with Crippen molar-refractivity contribution in [3.05, 3.63) is 59.7 Å². The number of carbonyl (C=O) groups is 1. The Kier molecular flexibility index (Phi) is 6.43. The number of esters is 1. The number of benzene rings is 2. The van der Waals surface area contributed by atoms with Crippen LogP contribution in [-0.4, -0.2) is 20.2 Å². The summed E-state index contributed by atoms with van der Waals surface area (Å²) >= 11 is 0. The van der Waals surface area contributed by atoms with Crippen LogP contribution in [0.2, 0.25) is 0 Å². The minimum atomic E-state index is -0.434. The topological polar surface area (TPSA) is 44.8 Å². The fourth-order valence-corrected chi connectivity index (χ4v) is 2.28. The van der Waals surface area contributed by atoms with Gasteiger partial charge in [0.15, 0.2) is 0 Å². The molecule has 0 aliphatic carbocycles. The number of carbonyl (C=O) groups excluding carboxylic acids is 1. The molecule has 0 fully saturated rings. The molecule has 126 valence electrons. The lowest BCUT2D eigenvalue weighted by Crippen LogP contribution is -2.03. The van der Waals surface area contributed by atoms with Gasteiger partial charge in [0, 0.05) is 17.7 Å². The molecule has 0 aliphatic rings. The van der Waals surface area contributed by atoms with Crippen molar-refractivity contribution in [3.8, 4) is 17.2 Å². The highest BCUT2D eigenvalue weighted by atomic mass is 16.5. The normalized spacial score (nSPS) is 10.6. The zero-order valence-electron chi connectivity index (χ0n) is 14.2. The Morgan fingerprint density at radius 3 is 2.33 bits per heavy atom. The fraction of sp³-hybridized carbons (Fsp3) is 0.250. The van der Waals surface area contributed by atoms with Crippen LogP contribution in [-0.2, 0) is 11.2 Å². The maximum atomic E-state index is 11.9. The van der Waals surface area contributed by atoms with E-state index in [1.54, 1.807) is 32.4 Å². The first-order valence-electron chi connectivity index (χ1n) is 7.87. The predicted molar refractivity (Wildman–Crippen MR) is 94.7 cm³/mol. The van der Waals surface area contributed by atoms with Gasteiger partial charge < -0.3 is 14.2 Å². The van der Waals surface area contributed by atoms with Gasteiger partial charge in [-0.3, -0.25) is 0 Å². The number of methoxy groups -OCH3 is 2. The smallest absolute Gasteiger partial charge is 0.336 e. The summed E-state index contributed by atoms with van der Waals surface area (Å²) in [6, 6.07) is 13.0. The number of rotatable bonds is 7. The largest absolute Gasteiger partial charge is 0.497 e. The molecule has 2 aromatic rings. The van der Waals surface area contributed by atoms with Crippen LogP contribution < -0.4 is 14.2 Å². The third-order valence-corrected chi connectivity index (χ3v) is 3.52. The summed E-state index contributed by atoms with van der Waals surface area (Å²) in [7, 11) is 3.16. The van der Waals surface area contributed by atoms with E-state index in [-0.39, 0.29) is 0 Å². The van der Waals surface area contributed by atoms with Crippen molar-refractivity contribution in [1.82, 2.24) is 0 Å². The highest BCUT2D eigenvalue weighted by molar-refractivity contribution is 5.89. The lowest BCUT2D eigenvalue weighted by molar-refractivity contribution is -0.128. The molecular weight excluding hydrogens is 304 g/mol. The van der Waals surface area contributed by atoms with E-state index in [1.807, 2.05) is 30.3 Å². The highest BCUT2D eigenvalue weighted by Gasteiger charge is 2.04. The summed E-state index contributed by atoms with van der Waals surface area (Å²) in [6.45, 7) is 2.13. The summed E-state index contributed by atoms with van der Waals surface area (Å²) in [6.07, 6.45) is 5.15. The van der Waals surface area contributed by atoms with Gasteiger partial charge in [-0.1, -0.05) is 25.5 Å². The third kappa shape index (κ3) is 4.88. The number of hydrogen-bond acceptors (Lipinski definition) is 4. The molecule has 24 heavy (non-hydrogen) atoms. The van der Waals surface area contributed by atoms with Gasteiger partial charge in [0.2, 0.25) is 0 Å². The van der Waals surface area contributed by atoms with E-state index in [4.69, 9.17) is 14.2 Å². The molecule has 0 radical (unpaired) electrons. The molecule has 0 aromatic heterocycles. The summed E-state index contributed by atoms with van der Waals surface area (Å²) in [5, 5.41) is 0. The van der Waals surface area contributed by atoms with Gasteiger partial charge in [0.25, 0.3) is 0 Å². The third-order valence-electron chi connectivity index (χ3n) is 3.52. The molecule has 4 heteroatoms. The molecule has 0 atom stereocenters. The van der Waals surface area contributed by atoms with Gasteiger partial charge in [0.05, 0.1) is 14.2 Å². The second-order valence-electron chi connectivity index (χ2n) is 5.26. The number of ether oxygens (including phenoxy) is 3. The van der Waals surface area contributed by atoms with E-state index in [1.165, 1.54) is 11.6 Å². The van der Waals surface area contributed by atoms with Crippen LogP contribution in [0.5, 0.6) is 17.2 Å². The minimum Gasteiger partial charge on any atom is -0.497 e. The molecule has 2 rings (SSSR count). The van der Waals surface area contributed by atoms with Crippen molar-refractivity contribution >= 4 is 12.0 Å². The van der Waals surface area contributed by atoms with Gasteiger partial charge in [-0.05, 0) is 42.3 Å². The van der Waals surface area contributed by atoms with Crippen molar-refractivity contribution < 1.29 is 19.0 Å². The molecule has 0 saturated carbocycles. The molecule has 0 unspecified atom stereocenters. The minimum absolute atomic E-state index is 0.434. The van der Waals surface area contributed by atoms with Crippen molar-refractivity contribution in [2.45, 2.75) is 19.8 Å². The molecule has 0 amide bonds. The summed E-state index contributed by atoms with van der Waals surface area (Å²) in [5.41, 5.74) is 2.00. The first kappa shape index (κ1) is 17.6. The second kappa shape index (κ2) is 8.77. The van der Waals surface area contributed by atoms with Crippen LogP contribution in [0.4, 0.5) is 0 Å². The molecule has 0 spiro atoms. The van der Waals surface area contributed by atoms with E-state index < -0.39 is 5.97 Å². The van der Waals surface area contributed by atoms with Crippen LogP contribution >= 0.6 is 0 Å². The standard InChI is InChI=1S/C20H22O4/c1-4-5-15-6-10-17(11-7-15)24-20(21)13-9-16-8-12-18(22-2)14-19(16)23-3/h6-14H,4-5H2,1-3H3/b13-9+. The first-order chi connectivity index (χ1) is 11.7. The van der Waals surface area contributed by atoms with Crippen LogP contribution in [0.3, 0.4) is 0 Å². The average Bonchev–Trinajstić information content (AvgIpc) is 2.61. The zero-order valence-corrected chi connectivity index (χ0v) is 14.2. The van der Waals surface area contributed by atoms with E-state index >= 15 is 0 Å². The Hall–Kier alpha value is -2.75. The first-order valence-corrected chi connectivity index (χ1v) is 7.87. The van der Waals surface area contributed by atoms with Crippen LogP contribution in [0, 0.1) is 0 Å². The molecule has 0 aliphatic heterocycles. The lowest BCUT2D eigenvalue weighted by Gasteiger charge is -2.07. The van der Waals surface area contributed by atoms with E-state index in [2.05, 4.69) is 6.92 Å². The average molecular weight is 326 g/mol. The molecule has 0 saturated heterocycles. The Morgan fingerprint density at radius 2 is 1.71 bits per heavy atom. The lowest BCUT2D eigenvalue weighted by atomic mass is 10.1. The Balaban J connectivity index is 2.02. The Bertz CT molecular complexity index is 702. The fourth-order valence-electron chi connectivity index (χ4n) is 2.28. The Labute approximate surface area is 142 Å². The van der Waals surface area contributed by atoms with Crippen LogP contribution in [0.25, 0.3) is 6.08 Å². The maximum Gasteiger partial charge on any atom is 0.336 e. The zero-order chi connectivity index (χ0) is 17.4. The number of aryl methyl sites for hydroxylation is 1. The van der Waals surface area contributed by atoms with E-state index in [9.17, 15) is 4.79 Å². The van der Waals surface area contributed by atoms with Gasteiger partial charge in [-0.2, -0.15) is 0 Å². The quantitative estimate of drug-likeness (QED) is 0.433. The summed E-state index contributed by atoms with van der Waals surface area (Å²) in [5.74, 6) is 1.42. The summed E-state index contributed by atoms with van der Waals surface area (Å²) < 4.78 is 15.7. The molecule has 0 bridgehead atoms. The molecule has 0 heterocycles. The second-order valence-corrected chi connectivity index (χ2v) is 5.26. The molecular formula is C20H22O4. The Morgan fingerprint density at radius 1 is 1.00 bits per heavy atom. The van der Waals surface area contributed by atoms with Gasteiger partial charge in [-0.25, -0.2) is 4.79 Å². The maximum absolute atomic E-state index is 11.9. The van der Waals surface area contributed by atoms with Gasteiger partial charge >= 0.3 is 5.97 Å². The van der Waals surface area contributed by atoms with E-state index in [0.29, 0.717) is 17.2 Å². The van der Waals surface area contributed by atoms with Crippen LogP contribution in [0.15, 0.2) is 48.5 Å². The molecule has 4 nitrogen and oxygen atoms in total. The van der Waals surface area contributed by atoms with Crippen molar-refractivity contribution in [2.24, 2.45) is 0 Å². The van der Waals surface area contributed by atoms with E-state index in [0.717, 1.165) is 18.4 Å². The van der Waals surface area contributed by atoms with Crippen molar-refractivity contribution in [3.63, 3.8) is 0 Å². The highest BCUT2D eigenvalue weighted by Crippen LogP contribution is 2.25. The SMILES string of the molecule is CCCc1ccc(OC(=O)/C=C/c2ccc(OC)cc2OC)cc1. The van der Waals surface area contributed by atoms with Crippen molar-refractivity contribution in [1.29, 1.82) is 0 Å². The predicted octanol–water partition coefficient (Wildman–Crippen LogP) is 4.28.